The fourth-order valence-corrected chi connectivity index (χ4v) is 7.78. The van der Waals surface area contributed by atoms with Crippen LogP contribution in [0.3, 0.4) is 0 Å². The van der Waals surface area contributed by atoms with Gasteiger partial charge in [0.15, 0.2) is 0 Å². The summed E-state index contributed by atoms with van der Waals surface area (Å²) in [6, 6.07) is 28.8. The maximum Gasteiger partial charge on any atom is 0.135 e. The van der Waals surface area contributed by atoms with E-state index >= 15 is 0 Å². The van der Waals surface area contributed by atoms with Gasteiger partial charge in [-0.05, 0) is 118 Å². The van der Waals surface area contributed by atoms with Gasteiger partial charge in [-0.3, -0.25) is 0 Å². The van der Waals surface area contributed by atoms with Crippen molar-refractivity contribution in [3.05, 3.63) is 194 Å². The number of benzene rings is 10. The lowest BCUT2D eigenvalue weighted by atomic mass is 9.82. The summed E-state index contributed by atoms with van der Waals surface area (Å²) < 4.78 is 124. The van der Waals surface area contributed by atoms with Gasteiger partial charge in [-0.15, -0.1) is 0 Å². The zero-order valence-corrected chi connectivity index (χ0v) is 27.9. The highest BCUT2D eigenvalue weighted by atomic mass is 16.3. The molecule has 0 amide bonds. The first-order valence-corrected chi connectivity index (χ1v) is 17.2. The summed E-state index contributed by atoms with van der Waals surface area (Å²) in [6.07, 6.45) is 0. The molecule has 0 unspecified atom stereocenters. The normalized spacial score (nSPS) is 15.2. The molecule has 1 heteroatoms. The molecule has 1 aromatic heterocycles. The maximum absolute atomic E-state index is 9.61. The van der Waals surface area contributed by atoms with E-state index in [2.05, 4.69) is 6.07 Å². The molecule has 1 nitrogen and oxygen atoms in total. The average Bonchev–Trinajstić information content (AvgIpc) is 3.71. The Morgan fingerprint density at radius 2 is 0.868 bits per heavy atom. The molecule has 0 radical (unpaired) electrons. The molecular weight excluding hydrogens is 641 g/mol. The first kappa shape index (κ1) is 19.6. The van der Waals surface area contributed by atoms with Crippen molar-refractivity contribution in [2.75, 3.05) is 0 Å². The topological polar surface area (TPSA) is 13.1 Å². The number of rotatable bonds is 4. The lowest BCUT2D eigenvalue weighted by Crippen LogP contribution is -1.94. The molecule has 246 valence electrons. The van der Waals surface area contributed by atoms with Crippen LogP contribution in [0.25, 0.3) is 110 Å². The number of para-hydroxylation sites is 1. The molecule has 0 N–H and O–H groups in total. The molecule has 0 fully saturated rings. The van der Waals surface area contributed by atoms with Gasteiger partial charge in [-0.25, -0.2) is 0 Å². The molecule has 0 aliphatic rings. The van der Waals surface area contributed by atoms with Crippen LogP contribution in [0.4, 0.5) is 0 Å². The highest BCUT2D eigenvalue weighted by Crippen LogP contribution is 2.48. The molecule has 0 saturated carbocycles. The van der Waals surface area contributed by atoms with E-state index < -0.39 is 78.6 Å². The highest BCUT2D eigenvalue weighted by Gasteiger charge is 2.21. The number of furan rings is 1. The summed E-state index contributed by atoms with van der Waals surface area (Å²) in [6.45, 7) is 0. The summed E-state index contributed by atoms with van der Waals surface area (Å²) in [5.74, 6) is 0. The maximum atomic E-state index is 9.61. The standard InChI is InChI=1S/C52H32O/c1-2-12-33(13-3-1)41-28-26-34-14-4-5-15-40(34)51(41)52-45-19-8-6-17-43(45)50(44-18-7-9-20-46(44)52)39-25-24-35-30-36(22-23-37(35)31-39)38-27-29-49-47(32-38)42-16-10-11-21-48(42)53-49/h1-32H/i1D,2D,3D,6D,7D,8D,9D,12D,13D,17D,18D,19D,20D. The van der Waals surface area contributed by atoms with Crippen molar-refractivity contribution in [2.24, 2.45) is 0 Å². The van der Waals surface area contributed by atoms with Gasteiger partial charge in [0.25, 0.3) is 0 Å². The Labute approximate surface area is 325 Å². The Bertz CT molecular complexity index is 3880. The van der Waals surface area contributed by atoms with Crippen molar-refractivity contribution in [2.45, 2.75) is 0 Å². The number of hydrogen-bond acceptors (Lipinski definition) is 1. The van der Waals surface area contributed by atoms with E-state index in [1.807, 2.05) is 66.7 Å². The van der Waals surface area contributed by atoms with Gasteiger partial charge in [0.1, 0.15) is 11.2 Å². The number of hydrogen-bond donors (Lipinski definition) is 0. The first-order chi connectivity index (χ1) is 31.7. The summed E-state index contributed by atoms with van der Waals surface area (Å²) in [5.41, 5.74) is 4.19. The summed E-state index contributed by atoms with van der Waals surface area (Å²) in [5, 5.41) is 4.55. The predicted molar refractivity (Wildman–Crippen MR) is 225 cm³/mol. The van der Waals surface area contributed by atoms with Crippen LogP contribution in [0.2, 0.25) is 0 Å². The molecule has 0 atom stereocenters. The first-order valence-electron chi connectivity index (χ1n) is 23.7. The Balaban J connectivity index is 1.26. The van der Waals surface area contributed by atoms with Crippen molar-refractivity contribution < 1.29 is 22.2 Å². The summed E-state index contributed by atoms with van der Waals surface area (Å²) in [4.78, 5) is 0. The van der Waals surface area contributed by atoms with E-state index in [9.17, 15) is 5.48 Å². The molecular formula is C52H32O. The van der Waals surface area contributed by atoms with Gasteiger partial charge < -0.3 is 4.42 Å². The Morgan fingerprint density at radius 1 is 0.321 bits per heavy atom. The van der Waals surface area contributed by atoms with Gasteiger partial charge in [0.05, 0.1) is 17.8 Å². The van der Waals surface area contributed by atoms with Crippen LogP contribution in [0.15, 0.2) is 198 Å². The van der Waals surface area contributed by atoms with Gasteiger partial charge >= 0.3 is 0 Å². The van der Waals surface area contributed by atoms with E-state index in [0.717, 1.165) is 43.8 Å². The molecule has 0 aliphatic carbocycles. The molecule has 1 heterocycles. The monoisotopic (exact) mass is 685 g/mol. The van der Waals surface area contributed by atoms with Crippen LogP contribution < -0.4 is 0 Å². The van der Waals surface area contributed by atoms with Crippen LogP contribution in [0, 0.1) is 0 Å². The largest absolute Gasteiger partial charge is 0.456 e. The van der Waals surface area contributed by atoms with E-state index in [0.29, 0.717) is 16.3 Å². The van der Waals surface area contributed by atoms with Gasteiger partial charge in [-0.2, -0.15) is 0 Å². The predicted octanol–water partition coefficient (Wildman–Crippen LogP) is 14.9. The van der Waals surface area contributed by atoms with Crippen LogP contribution in [0.5, 0.6) is 0 Å². The molecule has 0 saturated heterocycles. The Hall–Kier alpha value is -6.96. The van der Waals surface area contributed by atoms with E-state index in [4.69, 9.17) is 16.8 Å². The van der Waals surface area contributed by atoms with Crippen molar-refractivity contribution in [1.82, 2.24) is 0 Å². The third kappa shape index (κ3) is 4.71. The van der Waals surface area contributed by atoms with Crippen LogP contribution in [-0.2, 0) is 0 Å². The van der Waals surface area contributed by atoms with Crippen molar-refractivity contribution in [3.8, 4) is 44.5 Å². The second kappa shape index (κ2) is 11.8. The van der Waals surface area contributed by atoms with Crippen molar-refractivity contribution >= 4 is 65.0 Å². The van der Waals surface area contributed by atoms with Crippen molar-refractivity contribution in [1.29, 1.82) is 0 Å². The van der Waals surface area contributed by atoms with Crippen LogP contribution >= 0.6 is 0 Å². The smallest absolute Gasteiger partial charge is 0.135 e. The van der Waals surface area contributed by atoms with Gasteiger partial charge in [0, 0.05) is 10.8 Å². The summed E-state index contributed by atoms with van der Waals surface area (Å²) >= 11 is 0. The van der Waals surface area contributed by atoms with Gasteiger partial charge in [-0.1, -0.05) is 163 Å². The fraction of sp³-hybridized carbons (Fsp3) is 0. The molecule has 0 aliphatic heterocycles. The zero-order chi connectivity index (χ0) is 46.2. The molecule has 0 bridgehead atoms. The third-order valence-electron chi connectivity index (χ3n) is 10.2. The van der Waals surface area contributed by atoms with E-state index in [1.54, 1.807) is 42.5 Å². The zero-order valence-electron chi connectivity index (χ0n) is 40.9. The summed E-state index contributed by atoms with van der Waals surface area (Å²) in [7, 11) is 0. The highest BCUT2D eigenvalue weighted by molar-refractivity contribution is 6.25. The lowest BCUT2D eigenvalue weighted by Gasteiger charge is -2.21. The lowest BCUT2D eigenvalue weighted by molar-refractivity contribution is 0.669. The van der Waals surface area contributed by atoms with Gasteiger partial charge in [0.2, 0.25) is 0 Å². The van der Waals surface area contributed by atoms with Crippen molar-refractivity contribution in [3.63, 3.8) is 0 Å². The fourth-order valence-electron chi connectivity index (χ4n) is 7.78. The quantitative estimate of drug-likeness (QED) is 0.168. The second-order valence-electron chi connectivity index (χ2n) is 13.0. The minimum atomic E-state index is -0.601. The average molecular weight is 686 g/mol. The molecule has 53 heavy (non-hydrogen) atoms. The second-order valence-corrected chi connectivity index (χ2v) is 13.0. The molecule has 10 aromatic carbocycles. The number of fused-ring (bicyclic) bond motifs is 7. The minimum Gasteiger partial charge on any atom is -0.456 e. The van der Waals surface area contributed by atoms with Crippen LogP contribution in [-0.4, -0.2) is 0 Å². The van der Waals surface area contributed by atoms with E-state index in [-0.39, 0.29) is 49.4 Å². The molecule has 0 spiro atoms. The van der Waals surface area contributed by atoms with E-state index in [1.165, 1.54) is 0 Å². The molecule has 11 rings (SSSR count). The Morgan fingerprint density at radius 3 is 1.62 bits per heavy atom. The Kier molecular flexibility index (Phi) is 4.36. The SMILES string of the molecule is [2H]c1c([2H])c([2H])c(-c2ccc3ccccc3c2-c2c3c([2H])c([2H])c([2H])c([2H])c3c(-c3ccc4cc(-c5ccc6oc7ccccc7c6c5)ccc4c3)c3c([2H])c([2H])c([2H])c([2H])c23)c([2H])c1[2H]. The van der Waals surface area contributed by atoms with Crippen LogP contribution in [0.1, 0.15) is 17.8 Å². The minimum absolute atomic E-state index is 0.00848. The molecule has 11 aromatic rings. The third-order valence-corrected chi connectivity index (χ3v) is 10.2.